The number of benzene rings is 1. The Morgan fingerprint density at radius 2 is 1.42 bits per heavy atom. The van der Waals surface area contributed by atoms with Gasteiger partial charge >= 0.3 is 0 Å². The first-order valence-electron chi connectivity index (χ1n) is 10.4. The minimum Gasteiger partial charge on any atom is -0.282 e. The smallest absolute Gasteiger partial charge is 0.282 e. The molecule has 5 heteroatoms. The van der Waals surface area contributed by atoms with Crippen molar-refractivity contribution in [3.63, 3.8) is 0 Å². The predicted octanol–water partition coefficient (Wildman–Crippen LogP) is 6.07. The summed E-state index contributed by atoms with van der Waals surface area (Å²) in [6, 6.07) is 5.39. The lowest BCUT2D eigenvalue weighted by atomic mass is 9.99. The molecule has 0 spiro atoms. The van der Waals surface area contributed by atoms with E-state index in [-0.39, 0.29) is 12.8 Å². The quantitative estimate of drug-likeness (QED) is 0.498. The van der Waals surface area contributed by atoms with E-state index in [2.05, 4.69) is 0 Å². The molecule has 0 aliphatic heterocycles. The summed E-state index contributed by atoms with van der Waals surface area (Å²) in [5.74, 6) is 0. The van der Waals surface area contributed by atoms with E-state index in [9.17, 15) is 13.0 Å². The van der Waals surface area contributed by atoms with E-state index in [1.54, 1.807) is 12.1 Å². The first kappa shape index (κ1) is 18.9. The van der Waals surface area contributed by atoms with Gasteiger partial charge in [-0.25, -0.2) is 0 Å². The van der Waals surface area contributed by atoms with E-state index in [0.29, 0.717) is 5.66 Å². The first-order chi connectivity index (χ1) is 12.5. The van der Waals surface area contributed by atoms with Crippen molar-refractivity contribution in [1.29, 1.82) is 0 Å². The van der Waals surface area contributed by atoms with Crippen molar-refractivity contribution < 1.29 is 13.0 Å². The molecule has 1 aromatic rings. The third-order valence-corrected chi connectivity index (χ3v) is 11.6. The van der Waals surface area contributed by atoms with E-state index < -0.39 is 10.1 Å². The second-order valence-corrected chi connectivity index (χ2v) is 12.8. The molecule has 1 N–H and O–H groups in total. The SMILES string of the molecule is O=S(=O)(O)c1ccc2c(c1)CCC2P(C1CCCCC1)C1CCCCC1. The maximum Gasteiger partial charge on any atom is 0.294 e. The van der Waals surface area contributed by atoms with Crippen molar-refractivity contribution in [3.05, 3.63) is 29.3 Å². The van der Waals surface area contributed by atoms with E-state index >= 15 is 0 Å². The fraction of sp³-hybridized carbons (Fsp3) is 0.714. The predicted molar refractivity (Wildman–Crippen MR) is 108 cm³/mol. The zero-order chi connectivity index (χ0) is 18.1. The second kappa shape index (κ2) is 7.89. The molecule has 1 unspecified atom stereocenters. The average molecular weight is 395 g/mol. The summed E-state index contributed by atoms with van der Waals surface area (Å²) >= 11 is 0. The third-order valence-electron chi connectivity index (χ3n) is 6.81. The summed E-state index contributed by atoms with van der Waals surface area (Å²) < 4.78 is 32.4. The van der Waals surface area contributed by atoms with E-state index in [4.69, 9.17) is 0 Å². The van der Waals surface area contributed by atoms with Gasteiger partial charge in [0.2, 0.25) is 0 Å². The highest BCUT2D eigenvalue weighted by Gasteiger charge is 2.39. The molecule has 2 saturated carbocycles. The maximum absolute atomic E-state index is 11.5. The number of fused-ring (bicyclic) bond motifs is 1. The zero-order valence-electron chi connectivity index (χ0n) is 15.6. The van der Waals surface area contributed by atoms with Crippen LogP contribution in [-0.4, -0.2) is 24.3 Å². The van der Waals surface area contributed by atoms with Crippen molar-refractivity contribution in [1.82, 2.24) is 0 Å². The van der Waals surface area contributed by atoms with Gasteiger partial charge in [0.05, 0.1) is 4.90 Å². The highest BCUT2D eigenvalue weighted by Crippen LogP contribution is 2.67. The van der Waals surface area contributed by atoms with Crippen molar-refractivity contribution >= 4 is 18.0 Å². The molecule has 26 heavy (non-hydrogen) atoms. The van der Waals surface area contributed by atoms with Crippen LogP contribution in [0.25, 0.3) is 0 Å². The molecule has 0 radical (unpaired) electrons. The molecule has 0 saturated heterocycles. The molecule has 3 aliphatic rings. The van der Waals surface area contributed by atoms with Gasteiger partial charge in [0.15, 0.2) is 0 Å². The first-order valence-corrected chi connectivity index (χ1v) is 13.4. The molecule has 0 bridgehead atoms. The van der Waals surface area contributed by atoms with Crippen molar-refractivity contribution in [3.8, 4) is 0 Å². The Labute approximate surface area is 159 Å². The van der Waals surface area contributed by atoms with E-state index in [0.717, 1.165) is 17.7 Å². The topological polar surface area (TPSA) is 54.4 Å². The van der Waals surface area contributed by atoms with Crippen molar-refractivity contribution in [2.45, 2.75) is 98.9 Å². The minimum absolute atomic E-state index is 0.0344. The van der Waals surface area contributed by atoms with Crippen molar-refractivity contribution in [2.75, 3.05) is 0 Å². The normalized spacial score (nSPS) is 25.5. The summed E-state index contributed by atoms with van der Waals surface area (Å²) in [4.78, 5) is 0.0663. The average Bonchev–Trinajstić information content (AvgIpc) is 3.06. The van der Waals surface area contributed by atoms with Gasteiger partial charge in [-0.2, -0.15) is 8.42 Å². The van der Waals surface area contributed by atoms with Crippen LogP contribution in [0.4, 0.5) is 0 Å². The highest BCUT2D eigenvalue weighted by atomic mass is 32.2. The molecule has 0 aromatic heterocycles. The lowest BCUT2D eigenvalue weighted by Gasteiger charge is -2.42. The summed E-state index contributed by atoms with van der Waals surface area (Å²) in [5, 5.41) is 0. The summed E-state index contributed by atoms with van der Waals surface area (Å²) in [5.41, 5.74) is 5.06. The highest BCUT2D eigenvalue weighted by molar-refractivity contribution is 7.85. The number of hydrogen-bond donors (Lipinski definition) is 1. The Morgan fingerprint density at radius 3 is 1.96 bits per heavy atom. The molecular formula is C21H31O3PS. The molecule has 1 aromatic carbocycles. The van der Waals surface area contributed by atoms with Crippen LogP contribution in [-0.2, 0) is 16.5 Å². The van der Waals surface area contributed by atoms with Gasteiger partial charge in [-0.1, -0.05) is 52.5 Å². The third kappa shape index (κ3) is 3.88. The lowest BCUT2D eigenvalue weighted by molar-refractivity contribution is 0.480. The van der Waals surface area contributed by atoms with Gasteiger partial charge in [0.1, 0.15) is 0 Å². The van der Waals surface area contributed by atoms with Gasteiger partial charge in [0.25, 0.3) is 10.1 Å². The van der Waals surface area contributed by atoms with Gasteiger partial charge in [-0.05, 0) is 73.1 Å². The molecule has 144 valence electrons. The monoisotopic (exact) mass is 394 g/mol. The summed E-state index contributed by atoms with van der Waals surface area (Å²) in [6.45, 7) is 0. The van der Waals surface area contributed by atoms with Crippen LogP contribution in [0.2, 0.25) is 0 Å². The maximum atomic E-state index is 11.5. The van der Waals surface area contributed by atoms with Gasteiger partial charge in [-0.15, -0.1) is 0 Å². The number of rotatable bonds is 4. The Morgan fingerprint density at radius 1 is 0.846 bits per heavy atom. The molecule has 3 aliphatic carbocycles. The Bertz CT molecular complexity index is 716. The number of hydrogen-bond acceptors (Lipinski definition) is 2. The fourth-order valence-corrected chi connectivity index (χ4v) is 10.7. The Hall–Kier alpha value is -0.440. The van der Waals surface area contributed by atoms with Gasteiger partial charge in [0, 0.05) is 5.66 Å². The van der Waals surface area contributed by atoms with Crippen LogP contribution in [0.1, 0.15) is 87.4 Å². The minimum atomic E-state index is -4.10. The van der Waals surface area contributed by atoms with E-state index in [1.807, 2.05) is 6.07 Å². The van der Waals surface area contributed by atoms with Crippen LogP contribution >= 0.6 is 7.92 Å². The molecule has 3 nitrogen and oxygen atoms in total. The Kier molecular flexibility index (Phi) is 5.74. The largest absolute Gasteiger partial charge is 0.294 e. The van der Waals surface area contributed by atoms with Crippen molar-refractivity contribution in [2.24, 2.45) is 0 Å². The summed E-state index contributed by atoms with van der Waals surface area (Å²) in [6.07, 6.45) is 16.2. The Balaban J connectivity index is 1.64. The van der Waals surface area contributed by atoms with Crippen LogP contribution in [0.15, 0.2) is 23.1 Å². The van der Waals surface area contributed by atoms with E-state index in [1.165, 1.54) is 81.8 Å². The zero-order valence-corrected chi connectivity index (χ0v) is 17.3. The second-order valence-electron chi connectivity index (χ2n) is 8.42. The fourth-order valence-electron chi connectivity index (χ4n) is 5.61. The molecule has 4 rings (SSSR count). The standard InChI is InChI=1S/C21H31O3PS/c22-26(23,24)19-12-13-20-16(15-19)11-14-21(20)25(17-7-3-1-4-8-17)18-9-5-2-6-10-18/h12-13,15,17-18,21H,1-11,14H2,(H,22,23,24). The van der Waals surface area contributed by atoms with Crippen LogP contribution < -0.4 is 0 Å². The van der Waals surface area contributed by atoms with Gasteiger partial charge in [-0.3, -0.25) is 4.55 Å². The molecule has 0 heterocycles. The molecule has 2 fully saturated rings. The van der Waals surface area contributed by atoms with Crippen LogP contribution in [0.3, 0.4) is 0 Å². The molecular weight excluding hydrogens is 363 g/mol. The number of aryl methyl sites for hydroxylation is 1. The molecule has 0 amide bonds. The summed E-state index contributed by atoms with van der Waals surface area (Å²) in [7, 11) is -4.13. The molecule has 1 atom stereocenters. The van der Waals surface area contributed by atoms with Gasteiger partial charge < -0.3 is 0 Å². The van der Waals surface area contributed by atoms with Crippen LogP contribution in [0.5, 0.6) is 0 Å². The lowest BCUT2D eigenvalue weighted by Crippen LogP contribution is -2.23. The van der Waals surface area contributed by atoms with Crippen LogP contribution in [0, 0.1) is 0 Å².